The lowest BCUT2D eigenvalue weighted by Crippen LogP contribution is -2.35. The first-order valence-corrected chi connectivity index (χ1v) is 11.4. The van der Waals surface area contributed by atoms with Gasteiger partial charge in [-0.2, -0.15) is 0 Å². The van der Waals surface area contributed by atoms with Crippen LogP contribution >= 0.6 is 11.3 Å². The molecular weight excluding hydrogens is 412 g/mol. The number of likely N-dealkylation sites (tertiary alicyclic amines) is 1. The zero-order chi connectivity index (χ0) is 22.5. The minimum absolute atomic E-state index is 0.144. The standard InChI is InChI=1S/C24H30N2O4S/c1-5-6-13-30-18-10-9-17(15-16(18)2)22(27)20-21(19-8-7-14-31-19)26(12-11-25(3)4)24(29)23(20)28/h7-10,14-15,21,27H,5-6,11-13H2,1-4H3/b22-20+. The monoisotopic (exact) mass is 442 g/mol. The van der Waals surface area contributed by atoms with Crippen molar-refractivity contribution in [2.24, 2.45) is 0 Å². The predicted octanol–water partition coefficient (Wildman–Crippen LogP) is 4.22. The number of Topliss-reactive ketones (excluding diaryl/α,β-unsaturated/α-hetero) is 1. The summed E-state index contributed by atoms with van der Waals surface area (Å²) in [5.41, 5.74) is 1.52. The van der Waals surface area contributed by atoms with Gasteiger partial charge in [-0.05, 0) is 62.6 Å². The minimum atomic E-state index is -0.643. The maximum Gasteiger partial charge on any atom is 0.295 e. The molecule has 6 nitrogen and oxygen atoms in total. The van der Waals surface area contributed by atoms with E-state index in [4.69, 9.17) is 4.74 Å². The van der Waals surface area contributed by atoms with Crippen LogP contribution in [0.3, 0.4) is 0 Å². The highest BCUT2D eigenvalue weighted by Gasteiger charge is 2.46. The van der Waals surface area contributed by atoms with E-state index < -0.39 is 17.7 Å². The number of thiophene rings is 1. The number of hydrogen-bond acceptors (Lipinski definition) is 6. The van der Waals surface area contributed by atoms with Gasteiger partial charge >= 0.3 is 0 Å². The van der Waals surface area contributed by atoms with Crippen molar-refractivity contribution in [2.45, 2.75) is 32.7 Å². The van der Waals surface area contributed by atoms with Gasteiger partial charge in [-0.15, -0.1) is 11.3 Å². The summed E-state index contributed by atoms with van der Waals surface area (Å²) in [6, 6.07) is 8.55. The highest BCUT2D eigenvalue weighted by Crippen LogP contribution is 2.41. The Balaban J connectivity index is 2.00. The highest BCUT2D eigenvalue weighted by atomic mass is 32.1. The molecule has 0 aliphatic carbocycles. The Morgan fingerprint density at radius 1 is 1.26 bits per heavy atom. The van der Waals surface area contributed by atoms with Crippen LogP contribution in [0.1, 0.15) is 41.8 Å². The van der Waals surface area contributed by atoms with Crippen molar-refractivity contribution in [1.82, 2.24) is 9.80 Å². The molecule has 1 N–H and O–H groups in total. The topological polar surface area (TPSA) is 70.1 Å². The summed E-state index contributed by atoms with van der Waals surface area (Å²) >= 11 is 1.47. The molecular formula is C24H30N2O4S. The van der Waals surface area contributed by atoms with E-state index in [1.807, 2.05) is 49.5 Å². The van der Waals surface area contributed by atoms with Gasteiger partial charge in [-0.1, -0.05) is 19.4 Å². The average Bonchev–Trinajstić information content (AvgIpc) is 3.34. The Hall–Kier alpha value is -2.64. The van der Waals surface area contributed by atoms with Crippen molar-refractivity contribution in [2.75, 3.05) is 33.8 Å². The highest BCUT2D eigenvalue weighted by molar-refractivity contribution is 7.10. The lowest BCUT2D eigenvalue weighted by atomic mass is 9.98. The number of likely N-dealkylation sites (N-methyl/N-ethyl adjacent to an activating group) is 1. The van der Waals surface area contributed by atoms with Crippen molar-refractivity contribution >= 4 is 28.8 Å². The van der Waals surface area contributed by atoms with E-state index in [0.29, 0.717) is 25.3 Å². The Morgan fingerprint density at radius 2 is 2.03 bits per heavy atom. The predicted molar refractivity (Wildman–Crippen MR) is 123 cm³/mol. The third kappa shape index (κ3) is 4.99. The maximum absolute atomic E-state index is 13.0. The van der Waals surface area contributed by atoms with Crippen LogP contribution in [0.5, 0.6) is 5.75 Å². The second-order valence-electron chi connectivity index (χ2n) is 7.99. The molecule has 0 spiro atoms. The quantitative estimate of drug-likeness (QED) is 0.273. The molecule has 1 saturated heterocycles. The number of ketones is 1. The summed E-state index contributed by atoms with van der Waals surface area (Å²) in [5, 5.41) is 13.0. The van der Waals surface area contributed by atoms with Crippen molar-refractivity contribution < 1.29 is 19.4 Å². The summed E-state index contributed by atoms with van der Waals surface area (Å²) in [6.07, 6.45) is 2.02. The van der Waals surface area contributed by atoms with Gasteiger partial charge in [0.25, 0.3) is 11.7 Å². The summed E-state index contributed by atoms with van der Waals surface area (Å²) in [6.45, 7) is 5.68. The van der Waals surface area contributed by atoms with E-state index in [2.05, 4.69) is 6.92 Å². The third-order valence-electron chi connectivity index (χ3n) is 5.34. The molecule has 2 heterocycles. The van der Waals surface area contributed by atoms with Gasteiger partial charge in [-0.25, -0.2) is 0 Å². The van der Waals surface area contributed by atoms with E-state index in [1.165, 1.54) is 11.3 Å². The fraction of sp³-hybridized carbons (Fsp3) is 0.417. The number of hydrogen-bond donors (Lipinski definition) is 1. The number of carbonyl (C=O) groups is 2. The second-order valence-corrected chi connectivity index (χ2v) is 8.97. The van der Waals surface area contributed by atoms with Crippen LogP contribution in [0, 0.1) is 6.92 Å². The Labute approximate surface area is 187 Å². The number of aliphatic hydroxyl groups excluding tert-OH is 1. The van der Waals surface area contributed by atoms with Gasteiger partial charge in [0.05, 0.1) is 18.2 Å². The molecule has 3 rings (SSSR count). The molecule has 7 heteroatoms. The number of amides is 1. The van der Waals surface area contributed by atoms with Gasteiger partial charge < -0.3 is 19.6 Å². The number of unbranched alkanes of at least 4 members (excludes halogenated alkanes) is 1. The number of carbonyl (C=O) groups excluding carboxylic acids is 2. The van der Waals surface area contributed by atoms with Crippen molar-refractivity contribution in [3.63, 3.8) is 0 Å². The van der Waals surface area contributed by atoms with Crippen molar-refractivity contribution in [1.29, 1.82) is 0 Å². The molecule has 1 amide bonds. The second kappa shape index (κ2) is 10.1. The first kappa shape index (κ1) is 23.0. The number of benzene rings is 1. The van der Waals surface area contributed by atoms with Gasteiger partial charge in [0.15, 0.2) is 0 Å². The molecule has 31 heavy (non-hydrogen) atoms. The molecule has 1 fully saturated rings. The van der Waals surface area contributed by atoms with E-state index in [-0.39, 0.29) is 11.3 Å². The molecule has 1 aromatic heterocycles. The first-order chi connectivity index (χ1) is 14.8. The summed E-state index contributed by atoms with van der Waals surface area (Å²) in [7, 11) is 3.84. The van der Waals surface area contributed by atoms with Gasteiger partial charge in [0.1, 0.15) is 11.5 Å². The number of ether oxygens (including phenoxy) is 1. The first-order valence-electron chi connectivity index (χ1n) is 10.6. The fourth-order valence-corrected chi connectivity index (χ4v) is 4.45. The average molecular weight is 443 g/mol. The number of aryl methyl sites for hydroxylation is 1. The molecule has 0 saturated carbocycles. The summed E-state index contributed by atoms with van der Waals surface area (Å²) in [5.74, 6) is -0.604. The minimum Gasteiger partial charge on any atom is -0.507 e. The van der Waals surface area contributed by atoms with E-state index >= 15 is 0 Å². The number of aliphatic hydroxyl groups is 1. The smallest absolute Gasteiger partial charge is 0.295 e. The van der Waals surface area contributed by atoms with E-state index in [1.54, 1.807) is 17.0 Å². The lowest BCUT2D eigenvalue weighted by Gasteiger charge is -2.25. The van der Waals surface area contributed by atoms with Gasteiger partial charge in [0.2, 0.25) is 0 Å². The molecule has 0 bridgehead atoms. The van der Waals surface area contributed by atoms with Crippen LogP contribution in [-0.2, 0) is 9.59 Å². The van der Waals surface area contributed by atoms with E-state index in [9.17, 15) is 14.7 Å². The molecule has 1 aromatic carbocycles. The molecule has 1 unspecified atom stereocenters. The molecule has 0 radical (unpaired) electrons. The van der Waals surface area contributed by atoms with Crippen LogP contribution in [0.15, 0.2) is 41.3 Å². The molecule has 166 valence electrons. The summed E-state index contributed by atoms with van der Waals surface area (Å²) < 4.78 is 5.80. The molecule has 1 aliphatic rings. The number of nitrogens with zero attached hydrogens (tertiary/aromatic N) is 2. The van der Waals surface area contributed by atoms with Gasteiger partial charge in [0, 0.05) is 23.5 Å². The molecule has 2 aromatic rings. The lowest BCUT2D eigenvalue weighted by molar-refractivity contribution is -0.140. The fourth-order valence-electron chi connectivity index (χ4n) is 3.60. The van der Waals surface area contributed by atoms with Gasteiger partial charge in [-0.3, -0.25) is 9.59 Å². The van der Waals surface area contributed by atoms with Crippen LogP contribution in [0.25, 0.3) is 5.76 Å². The Bertz CT molecular complexity index is 966. The Kier molecular flexibility index (Phi) is 7.51. The van der Waals surface area contributed by atoms with E-state index in [0.717, 1.165) is 29.0 Å². The SMILES string of the molecule is CCCCOc1ccc(/C(O)=C2\C(=O)C(=O)N(CCN(C)C)C2c2cccs2)cc1C. The van der Waals surface area contributed by atoms with Crippen molar-refractivity contribution in [3.05, 3.63) is 57.3 Å². The Morgan fingerprint density at radius 3 is 2.65 bits per heavy atom. The molecule has 1 atom stereocenters. The summed E-state index contributed by atoms with van der Waals surface area (Å²) in [4.78, 5) is 30.2. The van der Waals surface area contributed by atoms with Crippen molar-refractivity contribution in [3.8, 4) is 5.75 Å². The zero-order valence-electron chi connectivity index (χ0n) is 18.6. The van der Waals surface area contributed by atoms with Crippen LogP contribution in [0.2, 0.25) is 0 Å². The largest absolute Gasteiger partial charge is 0.507 e. The maximum atomic E-state index is 13.0. The van der Waals surface area contributed by atoms with Crippen LogP contribution < -0.4 is 4.74 Å². The third-order valence-corrected chi connectivity index (χ3v) is 6.27. The normalized spacial score (nSPS) is 18.2. The number of rotatable bonds is 9. The van der Waals surface area contributed by atoms with Crippen LogP contribution in [-0.4, -0.2) is 60.4 Å². The molecule has 1 aliphatic heterocycles. The van der Waals surface area contributed by atoms with Crippen LogP contribution in [0.4, 0.5) is 0 Å². The zero-order valence-corrected chi connectivity index (χ0v) is 19.4.